The third kappa shape index (κ3) is 2.73. The summed E-state index contributed by atoms with van der Waals surface area (Å²) < 4.78 is 16.5. The van der Waals surface area contributed by atoms with Crippen molar-refractivity contribution in [2.45, 2.75) is 20.3 Å². The molecular formula is C22H20FN5O. The van der Waals surface area contributed by atoms with Gasteiger partial charge < -0.3 is 9.47 Å². The van der Waals surface area contributed by atoms with Gasteiger partial charge in [-0.25, -0.2) is 9.37 Å². The number of hydrogen-bond acceptors (Lipinski definition) is 4. The van der Waals surface area contributed by atoms with Crippen LogP contribution < -0.4 is 10.5 Å². The Morgan fingerprint density at radius 1 is 1.00 bits per heavy atom. The molecule has 5 rings (SSSR count). The first-order chi connectivity index (χ1) is 14.0. The molecule has 1 aliphatic heterocycles. The third-order valence-corrected chi connectivity index (χ3v) is 5.64. The quantitative estimate of drug-likeness (QED) is 0.538. The highest BCUT2D eigenvalue weighted by Crippen LogP contribution is 2.29. The van der Waals surface area contributed by atoms with E-state index in [1.54, 1.807) is 6.20 Å². The summed E-state index contributed by atoms with van der Waals surface area (Å²) in [6.07, 6.45) is 3.98. The molecule has 0 aliphatic carbocycles. The van der Waals surface area contributed by atoms with Crippen LogP contribution in [-0.2, 0) is 0 Å². The molecule has 0 N–H and O–H groups in total. The summed E-state index contributed by atoms with van der Waals surface area (Å²) in [6, 6.07) is 11.1. The van der Waals surface area contributed by atoms with Gasteiger partial charge in [0.15, 0.2) is 5.82 Å². The topological polar surface area (TPSA) is 56.0 Å². The highest BCUT2D eigenvalue weighted by atomic mass is 19.1. The molecule has 4 aromatic rings. The first kappa shape index (κ1) is 17.6. The Bertz CT molecular complexity index is 1290. The zero-order valence-corrected chi connectivity index (χ0v) is 16.3. The molecule has 29 heavy (non-hydrogen) atoms. The largest absolute Gasteiger partial charge is 0.371 e. The molecule has 146 valence electrons. The number of pyridine rings is 1. The Kier molecular flexibility index (Phi) is 3.97. The summed E-state index contributed by atoms with van der Waals surface area (Å²) in [5.41, 5.74) is 3.76. The molecule has 0 radical (unpaired) electrons. The Labute approximate surface area is 166 Å². The molecule has 1 fully saturated rings. The zero-order chi connectivity index (χ0) is 20.1. The molecule has 1 aliphatic rings. The molecule has 1 saturated heterocycles. The minimum atomic E-state index is -0.455. The maximum atomic E-state index is 13.2. The van der Waals surface area contributed by atoms with Gasteiger partial charge in [0, 0.05) is 41.2 Å². The molecule has 0 saturated carbocycles. The van der Waals surface area contributed by atoms with Crippen molar-refractivity contribution in [3.63, 3.8) is 0 Å². The van der Waals surface area contributed by atoms with Gasteiger partial charge in [0.2, 0.25) is 0 Å². The molecule has 0 atom stereocenters. The fraction of sp³-hybridized carbons (Fsp3) is 0.227. The number of aromatic nitrogens is 4. The number of benzene rings is 1. The van der Waals surface area contributed by atoms with Crippen LogP contribution in [0.2, 0.25) is 0 Å². The number of anilines is 1. The van der Waals surface area contributed by atoms with E-state index >= 15 is 0 Å². The van der Waals surface area contributed by atoms with E-state index in [1.807, 2.05) is 19.9 Å². The number of halogens is 1. The Morgan fingerprint density at radius 3 is 2.48 bits per heavy atom. The molecule has 0 bridgehead atoms. The maximum Gasteiger partial charge on any atom is 0.282 e. The standard InChI is InChI=1S/C22H20FN5O/c1-14-19-13-25-28(20-8-7-16(23)12-24-20)22(29)21(19)15(2)27(14)18-6-3-5-17(11-18)26-9-4-10-26/h3,5-8,11-13H,4,9-10H2,1-2H3. The van der Waals surface area contributed by atoms with Crippen molar-refractivity contribution in [1.82, 2.24) is 19.3 Å². The van der Waals surface area contributed by atoms with Gasteiger partial charge in [-0.05, 0) is 50.6 Å². The predicted octanol–water partition coefficient (Wildman–Crippen LogP) is 3.54. The average Bonchev–Trinajstić information content (AvgIpc) is 2.93. The summed E-state index contributed by atoms with van der Waals surface area (Å²) in [4.78, 5) is 19.5. The van der Waals surface area contributed by atoms with Crippen LogP contribution in [0.4, 0.5) is 10.1 Å². The van der Waals surface area contributed by atoms with E-state index in [0.29, 0.717) is 11.2 Å². The monoisotopic (exact) mass is 389 g/mol. The van der Waals surface area contributed by atoms with Gasteiger partial charge in [-0.2, -0.15) is 9.78 Å². The lowest BCUT2D eigenvalue weighted by molar-refractivity contribution is 0.617. The van der Waals surface area contributed by atoms with Crippen molar-refractivity contribution in [3.05, 3.63) is 76.4 Å². The van der Waals surface area contributed by atoms with Gasteiger partial charge in [-0.1, -0.05) is 6.07 Å². The van der Waals surface area contributed by atoms with Gasteiger partial charge >= 0.3 is 0 Å². The van der Waals surface area contributed by atoms with Crippen LogP contribution in [0, 0.1) is 19.7 Å². The van der Waals surface area contributed by atoms with Crippen molar-refractivity contribution in [2.75, 3.05) is 18.0 Å². The number of rotatable bonds is 3. The molecule has 3 aromatic heterocycles. The minimum absolute atomic E-state index is 0.264. The lowest BCUT2D eigenvalue weighted by Crippen LogP contribution is -2.36. The van der Waals surface area contributed by atoms with Crippen molar-refractivity contribution in [2.24, 2.45) is 0 Å². The van der Waals surface area contributed by atoms with E-state index in [0.717, 1.165) is 41.7 Å². The second-order valence-corrected chi connectivity index (χ2v) is 7.35. The van der Waals surface area contributed by atoms with E-state index in [1.165, 1.54) is 28.9 Å². The summed E-state index contributed by atoms with van der Waals surface area (Å²) in [5.74, 6) is -0.161. The highest BCUT2D eigenvalue weighted by Gasteiger charge is 2.20. The first-order valence-corrected chi connectivity index (χ1v) is 9.62. The van der Waals surface area contributed by atoms with Crippen molar-refractivity contribution >= 4 is 16.5 Å². The summed E-state index contributed by atoms with van der Waals surface area (Å²) in [5, 5.41) is 5.68. The lowest BCUT2D eigenvalue weighted by atomic mass is 10.1. The van der Waals surface area contributed by atoms with Crippen molar-refractivity contribution in [1.29, 1.82) is 0 Å². The molecule has 7 heteroatoms. The van der Waals surface area contributed by atoms with Crippen molar-refractivity contribution in [3.8, 4) is 11.5 Å². The summed E-state index contributed by atoms with van der Waals surface area (Å²) in [6.45, 7) is 6.09. The summed E-state index contributed by atoms with van der Waals surface area (Å²) in [7, 11) is 0. The number of nitrogens with zero attached hydrogens (tertiary/aromatic N) is 5. The van der Waals surface area contributed by atoms with Crippen LogP contribution in [-0.4, -0.2) is 32.4 Å². The lowest BCUT2D eigenvalue weighted by Gasteiger charge is -2.33. The van der Waals surface area contributed by atoms with E-state index in [-0.39, 0.29) is 5.56 Å². The average molecular weight is 389 g/mol. The molecule has 6 nitrogen and oxygen atoms in total. The zero-order valence-electron chi connectivity index (χ0n) is 16.3. The maximum absolute atomic E-state index is 13.2. The van der Waals surface area contributed by atoms with Crippen LogP contribution in [0.5, 0.6) is 0 Å². The second kappa shape index (κ2) is 6.55. The molecule has 0 spiro atoms. The SMILES string of the molecule is Cc1c2cnn(-c3ccc(F)cn3)c(=O)c2c(C)n1-c1cccc(N2CCC2)c1. The van der Waals surface area contributed by atoms with Gasteiger partial charge in [0.25, 0.3) is 5.56 Å². The molecule has 4 heterocycles. The van der Waals surface area contributed by atoms with E-state index in [4.69, 9.17) is 0 Å². The molecule has 0 amide bonds. The van der Waals surface area contributed by atoms with Gasteiger partial charge in [-0.3, -0.25) is 4.79 Å². The molecule has 1 aromatic carbocycles. The fourth-order valence-corrected chi connectivity index (χ4v) is 4.01. The van der Waals surface area contributed by atoms with Gasteiger partial charge in [-0.15, -0.1) is 0 Å². The van der Waals surface area contributed by atoms with E-state index in [2.05, 4.69) is 37.7 Å². The van der Waals surface area contributed by atoms with Gasteiger partial charge in [0.05, 0.1) is 17.8 Å². The van der Waals surface area contributed by atoms with Crippen LogP contribution in [0.1, 0.15) is 17.8 Å². The van der Waals surface area contributed by atoms with Crippen molar-refractivity contribution < 1.29 is 4.39 Å². The smallest absolute Gasteiger partial charge is 0.282 e. The van der Waals surface area contributed by atoms with E-state index < -0.39 is 5.82 Å². The Balaban J connectivity index is 1.69. The van der Waals surface area contributed by atoms with Crippen LogP contribution in [0.15, 0.2) is 53.6 Å². The third-order valence-electron chi connectivity index (χ3n) is 5.64. The summed E-state index contributed by atoms with van der Waals surface area (Å²) >= 11 is 0. The normalized spacial score (nSPS) is 13.7. The highest BCUT2D eigenvalue weighted by molar-refractivity contribution is 5.88. The number of fused-ring (bicyclic) bond motifs is 1. The molecular weight excluding hydrogens is 369 g/mol. The van der Waals surface area contributed by atoms with Crippen LogP contribution in [0.3, 0.4) is 0 Å². The van der Waals surface area contributed by atoms with Crippen LogP contribution >= 0.6 is 0 Å². The van der Waals surface area contributed by atoms with Crippen LogP contribution in [0.25, 0.3) is 22.3 Å². The number of aryl methyl sites for hydroxylation is 2. The first-order valence-electron chi connectivity index (χ1n) is 9.62. The second-order valence-electron chi connectivity index (χ2n) is 7.35. The Morgan fingerprint density at radius 2 is 1.79 bits per heavy atom. The number of hydrogen-bond donors (Lipinski definition) is 0. The minimum Gasteiger partial charge on any atom is -0.371 e. The molecule has 0 unspecified atom stereocenters. The van der Waals surface area contributed by atoms with E-state index in [9.17, 15) is 9.18 Å². The Hall–Kier alpha value is -3.48. The fourth-order valence-electron chi connectivity index (χ4n) is 4.01. The van der Waals surface area contributed by atoms with Gasteiger partial charge in [0.1, 0.15) is 5.82 Å². The predicted molar refractivity (Wildman–Crippen MR) is 111 cm³/mol.